The molecule has 1 saturated heterocycles. The maximum atomic E-state index is 13.4. The van der Waals surface area contributed by atoms with Gasteiger partial charge in [-0.3, -0.25) is 24.6 Å². The van der Waals surface area contributed by atoms with E-state index in [0.29, 0.717) is 28.3 Å². The highest BCUT2D eigenvalue weighted by Crippen LogP contribution is 2.37. The molecule has 0 spiro atoms. The fourth-order valence-electron chi connectivity index (χ4n) is 4.05. The number of carbonyl (C=O) groups excluding carboxylic acids is 4. The van der Waals surface area contributed by atoms with Crippen LogP contribution >= 0.6 is 0 Å². The summed E-state index contributed by atoms with van der Waals surface area (Å²) in [6.45, 7) is 0.0522. The Bertz CT molecular complexity index is 1290. The lowest BCUT2D eigenvalue weighted by atomic mass is 10.1. The highest BCUT2D eigenvalue weighted by atomic mass is 16.7. The van der Waals surface area contributed by atoms with Gasteiger partial charge in [0.1, 0.15) is 6.04 Å². The van der Waals surface area contributed by atoms with Gasteiger partial charge >= 0.3 is 0 Å². The van der Waals surface area contributed by atoms with Crippen LogP contribution in [0.4, 0.5) is 5.69 Å². The zero-order valence-electron chi connectivity index (χ0n) is 18.5. The van der Waals surface area contributed by atoms with E-state index >= 15 is 0 Å². The Balaban J connectivity index is 1.43. The fraction of sp³-hybridized carbons (Fsp3) is 0.154. The van der Waals surface area contributed by atoms with Crippen molar-refractivity contribution in [1.29, 1.82) is 0 Å². The van der Waals surface area contributed by atoms with Gasteiger partial charge in [-0.1, -0.05) is 48.5 Å². The van der Waals surface area contributed by atoms with E-state index in [1.54, 1.807) is 72.8 Å². The molecule has 1 unspecified atom stereocenters. The van der Waals surface area contributed by atoms with Gasteiger partial charge in [0.2, 0.25) is 18.6 Å². The first kappa shape index (κ1) is 22.1. The number of carbonyl (C=O) groups is 4. The van der Waals surface area contributed by atoms with Crippen molar-refractivity contribution in [3.63, 3.8) is 0 Å². The van der Waals surface area contributed by atoms with Gasteiger partial charge in [0.25, 0.3) is 11.8 Å². The molecule has 35 heavy (non-hydrogen) atoms. The SMILES string of the molecule is O=C(NN(C(=O)Cc1ccccc1)C1CC(=O)N(c2ccc3c(c2)OCO3)C1=O)c1ccccc1. The molecule has 0 aliphatic carbocycles. The van der Waals surface area contributed by atoms with Crippen molar-refractivity contribution in [1.82, 2.24) is 10.4 Å². The number of hydrogen-bond donors (Lipinski definition) is 1. The lowest BCUT2D eigenvalue weighted by molar-refractivity contribution is -0.140. The maximum Gasteiger partial charge on any atom is 0.269 e. The number of amides is 4. The molecular weight excluding hydrogens is 450 g/mol. The number of hydrazine groups is 1. The third-order valence-corrected chi connectivity index (χ3v) is 5.77. The molecule has 5 rings (SSSR count). The standard InChI is InChI=1S/C26H21N3O6/c30-23-15-20(26(33)28(23)19-11-12-21-22(14-19)35-16-34-21)29(24(31)13-17-7-3-1-4-8-17)27-25(32)18-9-5-2-6-10-18/h1-12,14,20H,13,15-16H2,(H,27,32). The smallest absolute Gasteiger partial charge is 0.269 e. The van der Waals surface area contributed by atoms with Crippen LogP contribution in [0, 0.1) is 0 Å². The third kappa shape index (κ3) is 4.43. The number of hydrogen-bond acceptors (Lipinski definition) is 6. The lowest BCUT2D eigenvalue weighted by Crippen LogP contribution is -2.55. The molecule has 3 aromatic rings. The van der Waals surface area contributed by atoms with Crippen LogP contribution in [0.15, 0.2) is 78.9 Å². The summed E-state index contributed by atoms with van der Waals surface area (Å²) in [4.78, 5) is 53.5. The van der Waals surface area contributed by atoms with Gasteiger partial charge in [-0.15, -0.1) is 0 Å². The quantitative estimate of drug-likeness (QED) is 0.453. The van der Waals surface area contributed by atoms with Gasteiger partial charge in [-0.2, -0.15) is 0 Å². The maximum absolute atomic E-state index is 13.4. The minimum atomic E-state index is -1.20. The lowest BCUT2D eigenvalue weighted by Gasteiger charge is -2.28. The molecule has 9 heteroatoms. The molecule has 1 atom stereocenters. The Kier molecular flexibility index (Phi) is 5.88. The molecule has 1 fully saturated rings. The van der Waals surface area contributed by atoms with Crippen LogP contribution in [0.3, 0.4) is 0 Å². The summed E-state index contributed by atoms with van der Waals surface area (Å²) >= 11 is 0. The van der Waals surface area contributed by atoms with E-state index < -0.39 is 29.7 Å². The topological polar surface area (TPSA) is 105 Å². The second-order valence-electron chi connectivity index (χ2n) is 8.06. The fourth-order valence-corrected chi connectivity index (χ4v) is 4.05. The van der Waals surface area contributed by atoms with Gasteiger partial charge in [0.15, 0.2) is 11.5 Å². The minimum absolute atomic E-state index is 0.0522. The first-order valence-corrected chi connectivity index (χ1v) is 11.0. The van der Waals surface area contributed by atoms with E-state index in [-0.39, 0.29) is 19.6 Å². The van der Waals surface area contributed by atoms with E-state index in [2.05, 4.69) is 5.43 Å². The Morgan fingerprint density at radius 1 is 0.914 bits per heavy atom. The van der Waals surface area contributed by atoms with Crippen LogP contribution in [0.1, 0.15) is 22.3 Å². The number of nitrogens with one attached hydrogen (secondary N) is 1. The molecular formula is C26H21N3O6. The molecule has 4 amide bonds. The van der Waals surface area contributed by atoms with Gasteiger partial charge in [0, 0.05) is 11.6 Å². The number of imide groups is 1. The summed E-state index contributed by atoms with van der Waals surface area (Å²) in [5.74, 6) is -1.26. The van der Waals surface area contributed by atoms with Crippen molar-refractivity contribution in [2.75, 3.05) is 11.7 Å². The highest BCUT2D eigenvalue weighted by molar-refractivity contribution is 6.23. The van der Waals surface area contributed by atoms with E-state index in [1.807, 2.05) is 6.07 Å². The van der Waals surface area contributed by atoms with Gasteiger partial charge in [-0.05, 0) is 29.8 Å². The molecule has 2 aliphatic rings. The van der Waals surface area contributed by atoms with E-state index in [1.165, 1.54) is 0 Å². The molecule has 0 bridgehead atoms. The Morgan fingerprint density at radius 2 is 1.60 bits per heavy atom. The van der Waals surface area contributed by atoms with Gasteiger partial charge in [0.05, 0.1) is 18.5 Å². The van der Waals surface area contributed by atoms with Crippen molar-refractivity contribution in [3.8, 4) is 11.5 Å². The van der Waals surface area contributed by atoms with Crippen molar-refractivity contribution in [2.45, 2.75) is 18.9 Å². The van der Waals surface area contributed by atoms with Crippen LogP contribution in [0.25, 0.3) is 0 Å². The molecule has 176 valence electrons. The minimum Gasteiger partial charge on any atom is -0.454 e. The number of anilines is 1. The number of ether oxygens (including phenoxy) is 2. The second kappa shape index (κ2) is 9.30. The average molecular weight is 471 g/mol. The molecule has 2 aliphatic heterocycles. The number of fused-ring (bicyclic) bond motifs is 1. The van der Waals surface area contributed by atoms with Crippen molar-refractivity contribution in [2.24, 2.45) is 0 Å². The largest absolute Gasteiger partial charge is 0.454 e. The Morgan fingerprint density at radius 3 is 2.34 bits per heavy atom. The van der Waals surface area contributed by atoms with Crippen molar-refractivity contribution >= 4 is 29.3 Å². The van der Waals surface area contributed by atoms with E-state index in [9.17, 15) is 19.2 Å². The summed E-state index contributed by atoms with van der Waals surface area (Å²) in [6, 6.07) is 20.8. The Hall–Kier alpha value is -4.66. The summed E-state index contributed by atoms with van der Waals surface area (Å²) in [5.41, 5.74) is 3.89. The van der Waals surface area contributed by atoms with Crippen LogP contribution in [-0.2, 0) is 20.8 Å². The Labute approximate surface area is 200 Å². The normalized spacial score (nSPS) is 16.3. The predicted octanol–water partition coefficient (Wildman–Crippen LogP) is 2.46. The predicted molar refractivity (Wildman–Crippen MR) is 124 cm³/mol. The highest BCUT2D eigenvalue weighted by Gasteiger charge is 2.45. The number of rotatable bonds is 5. The molecule has 2 heterocycles. The van der Waals surface area contributed by atoms with Crippen LogP contribution in [0.5, 0.6) is 11.5 Å². The van der Waals surface area contributed by atoms with E-state index in [0.717, 1.165) is 9.91 Å². The zero-order valence-corrected chi connectivity index (χ0v) is 18.5. The van der Waals surface area contributed by atoms with Crippen molar-refractivity contribution < 1.29 is 28.7 Å². The van der Waals surface area contributed by atoms with Gasteiger partial charge in [-0.25, -0.2) is 9.91 Å². The number of nitrogens with zero attached hydrogens (tertiary/aromatic N) is 2. The van der Waals surface area contributed by atoms with Gasteiger partial charge < -0.3 is 9.47 Å². The first-order chi connectivity index (χ1) is 17.0. The van der Waals surface area contributed by atoms with Crippen molar-refractivity contribution in [3.05, 3.63) is 90.0 Å². The zero-order chi connectivity index (χ0) is 24.4. The summed E-state index contributed by atoms with van der Waals surface area (Å²) in [6.07, 6.45) is -0.333. The average Bonchev–Trinajstić information content (AvgIpc) is 3.46. The molecule has 3 aromatic carbocycles. The van der Waals surface area contributed by atoms with E-state index in [4.69, 9.17) is 9.47 Å². The monoisotopic (exact) mass is 471 g/mol. The third-order valence-electron chi connectivity index (χ3n) is 5.77. The summed E-state index contributed by atoms with van der Waals surface area (Å²) < 4.78 is 10.6. The molecule has 0 radical (unpaired) electrons. The van der Waals surface area contributed by atoms with Crippen LogP contribution in [-0.4, -0.2) is 41.5 Å². The molecule has 0 saturated carbocycles. The first-order valence-electron chi connectivity index (χ1n) is 11.0. The molecule has 1 N–H and O–H groups in total. The summed E-state index contributed by atoms with van der Waals surface area (Å²) in [5, 5.41) is 0.982. The second-order valence-corrected chi connectivity index (χ2v) is 8.06. The van der Waals surface area contributed by atoms with Crippen LogP contribution in [0.2, 0.25) is 0 Å². The number of benzene rings is 3. The van der Waals surface area contributed by atoms with Crippen LogP contribution < -0.4 is 19.8 Å². The molecule has 0 aromatic heterocycles. The molecule has 9 nitrogen and oxygen atoms in total. The summed E-state index contributed by atoms with van der Waals surface area (Å²) in [7, 11) is 0.